The van der Waals surface area contributed by atoms with Gasteiger partial charge in [0.15, 0.2) is 0 Å². The van der Waals surface area contributed by atoms with Gasteiger partial charge in [-0.3, -0.25) is 4.79 Å². The lowest BCUT2D eigenvalue weighted by molar-refractivity contribution is -0.121. The molecule has 26 heavy (non-hydrogen) atoms. The zero-order valence-electron chi connectivity index (χ0n) is 15.4. The lowest BCUT2D eigenvalue weighted by atomic mass is 10.0. The second kappa shape index (κ2) is 8.52. The molecule has 0 saturated carbocycles. The van der Waals surface area contributed by atoms with Gasteiger partial charge in [-0.2, -0.15) is 0 Å². The van der Waals surface area contributed by atoms with E-state index >= 15 is 0 Å². The summed E-state index contributed by atoms with van der Waals surface area (Å²) in [6.45, 7) is 5.06. The van der Waals surface area contributed by atoms with Crippen molar-refractivity contribution in [2.75, 3.05) is 13.2 Å². The number of amides is 1. The van der Waals surface area contributed by atoms with Crippen LogP contribution in [0.15, 0.2) is 60.7 Å². The number of nitrogens with one attached hydrogen (secondary N) is 1. The Labute approximate surface area is 155 Å². The molecule has 0 fully saturated rings. The minimum absolute atomic E-state index is 0.0579. The second-order valence-electron chi connectivity index (χ2n) is 6.61. The van der Waals surface area contributed by atoms with E-state index in [-0.39, 0.29) is 5.91 Å². The van der Waals surface area contributed by atoms with Crippen LogP contribution in [0.4, 0.5) is 0 Å². The van der Waals surface area contributed by atoms with Crippen LogP contribution in [0.25, 0.3) is 10.8 Å². The molecule has 0 spiro atoms. The van der Waals surface area contributed by atoms with Crippen LogP contribution in [0.2, 0.25) is 0 Å². The smallest absolute Gasteiger partial charge is 0.220 e. The molecule has 0 radical (unpaired) electrons. The number of hydrogen-bond donors (Lipinski definition) is 1. The van der Waals surface area contributed by atoms with Crippen LogP contribution in [0, 0.1) is 13.8 Å². The van der Waals surface area contributed by atoms with Crippen LogP contribution in [0.5, 0.6) is 5.75 Å². The van der Waals surface area contributed by atoms with Crippen LogP contribution < -0.4 is 10.1 Å². The quantitative estimate of drug-likeness (QED) is 0.635. The highest BCUT2D eigenvalue weighted by Crippen LogP contribution is 2.20. The predicted octanol–water partition coefficient (Wildman–Crippen LogP) is 4.58. The van der Waals surface area contributed by atoms with Crippen molar-refractivity contribution in [2.24, 2.45) is 0 Å². The van der Waals surface area contributed by atoms with Crippen molar-refractivity contribution < 1.29 is 9.53 Å². The Morgan fingerprint density at radius 3 is 2.69 bits per heavy atom. The number of ether oxygens (including phenoxy) is 1. The van der Waals surface area contributed by atoms with E-state index in [1.807, 2.05) is 44.2 Å². The van der Waals surface area contributed by atoms with Crippen molar-refractivity contribution in [3.05, 3.63) is 77.4 Å². The summed E-state index contributed by atoms with van der Waals surface area (Å²) in [5, 5.41) is 5.38. The van der Waals surface area contributed by atoms with Crippen molar-refractivity contribution in [1.82, 2.24) is 5.32 Å². The van der Waals surface area contributed by atoms with Gasteiger partial charge in [0, 0.05) is 6.42 Å². The molecule has 0 aliphatic rings. The summed E-state index contributed by atoms with van der Waals surface area (Å²) in [5.41, 5.74) is 3.49. The fourth-order valence-electron chi connectivity index (χ4n) is 3.06. The van der Waals surface area contributed by atoms with Gasteiger partial charge < -0.3 is 10.1 Å². The molecular weight excluding hydrogens is 322 g/mol. The van der Waals surface area contributed by atoms with E-state index in [0.29, 0.717) is 19.6 Å². The zero-order chi connectivity index (χ0) is 18.4. The highest BCUT2D eigenvalue weighted by molar-refractivity contribution is 5.86. The molecule has 0 unspecified atom stereocenters. The van der Waals surface area contributed by atoms with E-state index in [9.17, 15) is 4.79 Å². The Morgan fingerprint density at radius 2 is 1.81 bits per heavy atom. The topological polar surface area (TPSA) is 38.3 Å². The Bertz CT molecular complexity index is 896. The summed E-state index contributed by atoms with van der Waals surface area (Å²) < 4.78 is 5.77. The monoisotopic (exact) mass is 347 g/mol. The SMILES string of the molecule is Cc1ccc(C)c(OCCNC(=O)CCc2cccc3ccccc23)c1. The molecule has 1 amide bonds. The molecule has 3 rings (SSSR count). The lowest BCUT2D eigenvalue weighted by Crippen LogP contribution is -2.28. The minimum Gasteiger partial charge on any atom is -0.491 e. The van der Waals surface area contributed by atoms with E-state index < -0.39 is 0 Å². The fraction of sp³-hybridized carbons (Fsp3) is 0.261. The largest absolute Gasteiger partial charge is 0.491 e. The van der Waals surface area contributed by atoms with E-state index in [2.05, 4.69) is 35.6 Å². The molecule has 0 heterocycles. The molecule has 0 aromatic heterocycles. The maximum absolute atomic E-state index is 12.1. The zero-order valence-corrected chi connectivity index (χ0v) is 15.4. The highest BCUT2D eigenvalue weighted by Gasteiger charge is 2.05. The van der Waals surface area contributed by atoms with Crippen molar-refractivity contribution in [2.45, 2.75) is 26.7 Å². The van der Waals surface area contributed by atoms with Crippen LogP contribution >= 0.6 is 0 Å². The van der Waals surface area contributed by atoms with E-state index in [1.165, 1.54) is 21.9 Å². The van der Waals surface area contributed by atoms with Crippen LogP contribution in [-0.2, 0) is 11.2 Å². The van der Waals surface area contributed by atoms with Gasteiger partial charge in [0.2, 0.25) is 5.91 Å². The van der Waals surface area contributed by atoms with Crippen molar-refractivity contribution in [3.63, 3.8) is 0 Å². The molecule has 0 aliphatic carbocycles. The third-order valence-corrected chi connectivity index (χ3v) is 4.53. The van der Waals surface area contributed by atoms with Crippen LogP contribution in [0.3, 0.4) is 0 Å². The number of fused-ring (bicyclic) bond motifs is 1. The van der Waals surface area contributed by atoms with Crippen molar-refractivity contribution >= 4 is 16.7 Å². The number of hydrogen-bond acceptors (Lipinski definition) is 2. The van der Waals surface area contributed by atoms with E-state index in [1.54, 1.807) is 0 Å². The van der Waals surface area contributed by atoms with Gasteiger partial charge in [-0.1, -0.05) is 54.6 Å². The number of rotatable bonds is 7. The first-order valence-corrected chi connectivity index (χ1v) is 9.07. The van der Waals surface area contributed by atoms with Gasteiger partial charge in [0.25, 0.3) is 0 Å². The van der Waals surface area contributed by atoms with Crippen molar-refractivity contribution in [1.29, 1.82) is 0 Å². The van der Waals surface area contributed by atoms with Gasteiger partial charge in [-0.15, -0.1) is 0 Å². The van der Waals surface area contributed by atoms with Gasteiger partial charge in [0.1, 0.15) is 12.4 Å². The summed E-state index contributed by atoms with van der Waals surface area (Å²) >= 11 is 0. The second-order valence-corrected chi connectivity index (χ2v) is 6.61. The Hall–Kier alpha value is -2.81. The average Bonchev–Trinajstić information content (AvgIpc) is 2.66. The van der Waals surface area contributed by atoms with E-state index in [4.69, 9.17) is 4.74 Å². The first-order chi connectivity index (χ1) is 12.6. The van der Waals surface area contributed by atoms with Gasteiger partial charge in [-0.05, 0) is 53.8 Å². The highest BCUT2D eigenvalue weighted by atomic mass is 16.5. The molecule has 0 saturated heterocycles. The van der Waals surface area contributed by atoms with Crippen molar-refractivity contribution in [3.8, 4) is 5.75 Å². The number of aryl methyl sites for hydroxylation is 3. The summed E-state index contributed by atoms with van der Waals surface area (Å²) in [5.74, 6) is 0.942. The maximum Gasteiger partial charge on any atom is 0.220 e. The third-order valence-electron chi connectivity index (χ3n) is 4.53. The maximum atomic E-state index is 12.1. The summed E-state index contributed by atoms with van der Waals surface area (Å²) in [6.07, 6.45) is 1.22. The molecule has 3 aromatic carbocycles. The molecule has 0 atom stereocenters. The molecule has 3 nitrogen and oxygen atoms in total. The molecule has 3 heteroatoms. The molecule has 3 aromatic rings. The summed E-state index contributed by atoms with van der Waals surface area (Å²) in [4.78, 5) is 12.1. The summed E-state index contributed by atoms with van der Waals surface area (Å²) in [6, 6.07) is 20.7. The molecule has 0 aliphatic heterocycles. The lowest BCUT2D eigenvalue weighted by Gasteiger charge is -2.11. The molecule has 134 valence electrons. The number of carbonyl (C=O) groups excluding carboxylic acids is 1. The molecule has 1 N–H and O–H groups in total. The van der Waals surface area contributed by atoms with E-state index in [0.717, 1.165) is 17.7 Å². The number of benzene rings is 3. The number of carbonyl (C=O) groups is 1. The standard InChI is InChI=1S/C23H25NO2/c1-17-10-11-18(2)22(16-17)26-15-14-24-23(25)13-12-20-8-5-7-19-6-3-4-9-21(19)20/h3-11,16H,12-15H2,1-2H3,(H,24,25). The van der Waals surface area contributed by atoms with Crippen LogP contribution in [0.1, 0.15) is 23.1 Å². The summed E-state index contributed by atoms with van der Waals surface area (Å²) in [7, 11) is 0. The Morgan fingerprint density at radius 1 is 1.00 bits per heavy atom. The first kappa shape index (κ1) is 18.0. The Kier molecular flexibility index (Phi) is 5.90. The normalized spacial score (nSPS) is 10.7. The first-order valence-electron chi connectivity index (χ1n) is 9.07. The third kappa shape index (κ3) is 4.63. The minimum atomic E-state index is 0.0579. The Balaban J connectivity index is 1.45. The van der Waals surface area contributed by atoms with Crippen LogP contribution in [-0.4, -0.2) is 19.1 Å². The average molecular weight is 347 g/mol. The van der Waals surface area contributed by atoms with Gasteiger partial charge in [0.05, 0.1) is 6.54 Å². The molecular formula is C23H25NO2. The fourth-order valence-corrected chi connectivity index (χ4v) is 3.06. The predicted molar refractivity (Wildman–Crippen MR) is 107 cm³/mol. The van der Waals surface area contributed by atoms with Gasteiger partial charge >= 0.3 is 0 Å². The van der Waals surface area contributed by atoms with Gasteiger partial charge in [-0.25, -0.2) is 0 Å². The molecule has 0 bridgehead atoms.